The minimum absolute atomic E-state index is 0.00982. The Morgan fingerprint density at radius 2 is 1.78 bits per heavy atom. The molecule has 2 amide bonds. The van der Waals surface area contributed by atoms with Crippen LogP contribution in [0.4, 0.5) is 8.78 Å². The van der Waals surface area contributed by atoms with Crippen LogP contribution in [0.5, 0.6) is 5.75 Å². The third-order valence-electron chi connectivity index (χ3n) is 6.43. The summed E-state index contributed by atoms with van der Waals surface area (Å²) in [5, 5.41) is 2.81. The average Bonchev–Trinajstić information content (AvgIpc) is 2.89. The molecule has 188 valence electrons. The Labute approximate surface area is 210 Å². The quantitative estimate of drug-likeness (QED) is 0.463. The Morgan fingerprint density at radius 1 is 1.03 bits per heavy atom. The highest BCUT2D eigenvalue weighted by Gasteiger charge is 2.32. The molecule has 7 heteroatoms. The van der Waals surface area contributed by atoms with Crippen LogP contribution < -0.4 is 10.1 Å². The number of rotatable bonds is 8. The number of carbonyl (C=O) groups excluding carboxylic acids is 2. The number of amides is 2. The Hall–Kier alpha value is -3.74. The number of benzene rings is 3. The van der Waals surface area contributed by atoms with Crippen LogP contribution in [-0.4, -0.2) is 29.4 Å². The molecule has 2 unspecified atom stereocenters. The van der Waals surface area contributed by atoms with Gasteiger partial charge in [-0.1, -0.05) is 44.2 Å². The fourth-order valence-corrected chi connectivity index (χ4v) is 4.61. The van der Waals surface area contributed by atoms with Crippen molar-refractivity contribution in [1.82, 2.24) is 10.2 Å². The first kappa shape index (κ1) is 25.4. The van der Waals surface area contributed by atoms with Crippen LogP contribution in [0.25, 0.3) is 0 Å². The van der Waals surface area contributed by atoms with E-state index in [9.17, 15) is 18.4 Å². The number of nitrogens with one attached hydrogen (secondary N) is 1. The summed E-state index contributed by atoms with van der Waals surface area (Å²) in [6.07, 6.45) is 0.709. The molecule has 2 atom stereocenters. The normalized spacial score (nSPS) is 15.7. The van der Waals surface area contributed by atoms with Gasteiger partial charge < -0.3 is 15.0 Å². The Kier molecular flexibility index (Phi) is 7.98. The van der Waals surface area contributed by atoms with E-state index < -0.39 is 12.1 Å². The van der Waals surface area contributed by atoms with Crippen LogP contribution in [0.3, 0.4) is 0 Å². The molecule has 3 aromatic carbocycles. The first-order valence-electron chi connectivity index (χ1n) is 12.3. The second-order valence-corrected chi connectivity index (χ2v) is 8.87. The standard InChI is InChI=1S/C29H30F2N2O3/c1-3-26(29(35)32-18-19-7-5-9-22(30)15-19)36-24-12-11-20-13-14-33(27(34)4-2)28(25(20)17-24)21-8-6-10-23(31)16-21/h5-12,15-17,26,28H,3-4,13-14,18H2,1-2H3,(H,32,35). The van der Waals surface area contributed by atoms with Gasteiger partial charge in [-0.3, -0.25) is 9.59 Å². The van der Waals surface area contributed by atoms with Crippen LogP contribution in [-0.2, 0) is 22.6 Å². The topological polar surface area (TPSA) is 58.6 Å². The van der Waals surface area contributed by atoms with Gasteiger partial charge in [-0.25, -0.2) is 8.78 Å². The van der Waals surface area contributed by atoms with Gasteiger partial charge in [0, 0.05) is 19.5 Å². The lowest BCUT2D eigenvalue weighted by Crippen LogP contribution is -2.40. The van der Waals surface area contributed by atoms with Crippen LogP contribution in [0, 0.1) is 11.6 Å². The third kappa shape index (κ3) is 5.73. The van der Waals surface area contributed by atoms with Crippen molar-refractivity contribution in [2.45, 2.75) is 51.8 Å². The Bertz CT molecular complexity index is 1250. The van der Waals surface area contributed by atoms with E-state index in [-0.39, 0.29) is 30.0 Å². The van der Waals surface area contributed by atoms with Crippen molar-refractivity contribution < 1.29 is 23.1 Å². The highest BCUT2D eigenvalue weighted by atomic mass is 19.1. The molecule has 0 spiro atoms. The zero-order valence-corrected chi connectivity index (χ0v) is 20.5. The van der Waals surface area contributed by atoms with Crippen molar-refractivity contribution in [3.05, 3.63) is 101 Å². The second kappa shape index (κ2) is 11.3. The van der Waals surface area contributed by atoms with Gasteiger partial charge in [0.05, 0.1) is 6.04 Å². The molecule has 0 aliphatic carbocycles. The van der Waals surface area contributed by atoms with Crippen LogP contribution >= 0.6 is 0 Å². The number of halogens is 2. The molecule has 1 aliphatic rings. The van der Waals surface area contributed by atoms with E-state index in [0.717, 1.165) is 11.1 Å². The van der Waals surface area contributed by atoms with Crippen LogP contribution in [0.1, 0.15) is 55.0 Å². The summed E-state index contributed by atoms with van der Waals surface area (Å²) >= 11 is 0. The van der Waals surface area contributed by atoms with Crippen molar-refractivity contribution in [3.63, 3.8) is 0 Å². The highest BCUT2D eigenvalue weighted by Crippen LogP contribution is 2.38. The van der Waals surface area contributed by atoms with Gasteiger partial charge in [-0.15, -0.1) is 0 Å². The Balaban J connectivity index is 1.57. The number of nitrogens with zero attached hydrogens (tertiary/aromatic N) is 1. The minimum atomic E-state index is -0.749. The van der Waals surface area contributed by atoms with Crippen molar-refractivity contribution in [2.75, 3.05) is 6.54 Å². The number of fused-ring (bicyclic) bond motifs is 1. The summed E-state index contributed by atoms with van der Waals surface area (Å²) in [7, 11) is 0. The van der Waals surface area contributed by atoms with Gasteiger partial charge >= 0.3 is 0 Å². The van der Waals surface area contributed by atoms with E-state index in [1.54, 1.807) is 23.1 Å². The van der Waals surface area contributed by atoms with E-state index in [1.165, 1.54) is 24.3 Å². The predicted molar refractivity (Wildman–Crippen MR) is 133 cm³/mol. The molecule has 3 aromatic rings. The highest BCUT2D eigenvalue weighted by molar-refractivity contribution is 5.81. The monoisotopic (exact) mass is 492 g/mol. The second-order valence-electron chi connectivity index (χ2n) is 8.87. The zero-order valence-electron chi connectivity index (χ0n) is 20.5. The number of hydrogen-bond acceptors (Lipinski definition) is 3. The van der Waals surface area contributed by atoms with Gasteiger partial charge in [-0.2, -0.15) is 0 Å². The molecular weight excluding hydrogens is 462 g/mol. The van der Waals surface area contributed by atoms with Crippen LogP contribution in [0.15, 0.2) is 66.7 Å². The summed E-state index contributed by atoms with van der Waals surface area (Å²) in [5.41, 5.74) is 3.27. The fraction of sp³-hybridized carbons (Fsp3) is 0.310. The minimum Gasteiger partial charge on any atom is -0.481 e. The molecule has 0 bridgehead atoms. The molecule has 0 radical (unpaired) electrons. The lowest BCUT2D eigenvalue weighted by Gasteiger charge is -2.38. The molecule has 0 saturated carbocycles. The van der Waals surface area contributed by atoms with E-state index in [4.69, 9.17) is 4.74 Å². The van der Waals surface area contributed by atoms with Crippen molar-refractivity contribution in [1.29, 1.82) is 0 Å². The summed E-state index contributed by atoms with van der Waals surface area (Å²) in [4.78, 5) is 27.4. The molecule has 1 heterocycles. The van der Waals surface area contributed by atoms with Crippen molar-refractivity contribution >= 4 is 11.8 Å². The molecule has 0 aromatic heterocycles. The van der Waals surface area contributed by atoms with E-state index in [1.807, 2.05) is 38.1 Å². The lowest BCUT2D eigenvalue weighted by molar-refractivity contribution is -0.133. The summed E-state index contributed by atoms with van der Waals surface area (Å²) in [6, 6.07) is 17.5. The fourth-order valence-electron chi connectivity index (χ4n) is 4.61. The molecule has 1 aliphatic heterocycles. The van der Waals surface area contributed by atoms with Gasteiger partial charge in [0.25, 0.3) is 5.91 Å². The lowest BCUT2D eigenvalue weighted by atomic mass is 9.87. The summed E-state index contributed by atoms with van der Waals surface area (Å²) in [6.45, 7) is 4.40. The van der Waals surface area contributed by atoms with Crippen LogP contribution in [0.2, 0.25) is 0 Å². The van der Waals surface area contributed by atoms with Gasteiger partial charge in [0.2, 0.25) is 5.91 Å². The predicted octanol–water partition coefficient (Wildman–Crippen LogP) is 5.32. The summed E-state index contributed by atoms with van der Waals surface area (Å²) in [5.74, 6) is -0.540. The smallest absolute Gasteiger partial charge is 0.261 e. The molecular formula is C29H30F2N2O3. The van der Waals surface area contributed by atoms with E-state index >= 15 is 0 Å². The first-order valence-corrected chi connectivity index (χ1v) is 12.3. The average molecular weight is 493 g/mol. The molecule has 0 saturated heterocycles. The number of hydrogen-bond donors (Lipinski definition) is 1. The Morgan fingerprint density at radius 3 is 2.47 bits per heavy atom. The molecule has 1 N–H and O–H groups in total. The van der Waals surface area contributed by atoms with Gasteiger partial charge in [0.15, 0.2) is 6.10 Å². The molecule has 0 fully saturated rings. The largest absolute Gasteiger partial charge is 0.481 e. The van der Waals surface area contributed by atoms with E-state index in [2.05, 4.69) is 5.32 Å². The van der Waals surface area contributed by atoms with Gasteiger partial charge in [0.1, 0.15) is 17.4 Å². The molecule has 5 nitrogen and oxygen atoms in total. The summed E-state index contributed by atoms with van der Waals surface area (Å²) < 4.78 is 33.6. The maximum absolute atomic E-state index is 14.1. The maximum Gasteiger partial charge on any atom is 0.261 e. The number of carbonyl (C=O) groups is 2. The molecule has 36 heavy (non-hydrogen) atoms. The van der Waals surface area contributed by atoms with Gasteiger partial charge in [-0.05, 0) is 71.5 Å². The molecule has 4 rings (SSSR count). The van der Waals surface area contributed by atoms with Crippen molar-refractivity contribution in [2.24, 2.45) is 0 Å². The first-order chi connectivity index (χ1) is 17.4. The zero-order chi connectivity index (χ0) is 25.7. The maximum atomic E-state index is 14.1. The third-order valence-corrected chi connectivity index (χ3v) is 6.43. The SMILES string of the molecule is CCC(=O)N1CCc2ccc(OC(CC)C(=O)NCc3cccc(F)c3)cc2C1c1cccc(F)c1. The van der Waals surface area contributed by atoms with E-state index in [0.29, 0.717) is 42.7 Å². The number of ether oxygens (including phenoxy) is 1. The van der Waals surface area contributed by atoms with Crippen molar-refractivity contribution in [3.8, 4) is 5.75 Å².